The van der Waals surface area contributed by atoms with Crippen LogP contribution in [0.25, 0.3) is 21.8 Å². The first-order chi connectivity index (χ1) is 14.0. The minimum Gasteiger partial charge on any atom is -0.352 e. The normalized spacial score (nSPS) is 12.2. The van der Waals surface area contributed by atoms with Crippen LogP contribution >= 0.6 is 11.6 Å². The molecule has 0 aliphatic heterocycles. The zero-order valence-electron chi connectivity index (χ0n) is 16.1. The van der Waals surface area contributed by atoms with E-state index in [-0.39, 0.29) is 23.9 Å². The fraction of sp³-hybridized carbons (Fsp3) is 0.167. The SMILES string of the molecule is C[C@H](Cc1cccc(Cl)c1)NC(=O)Cn1c2ccccc2c(=O)c2ccccc21. The van der Waals surface area contributed by atoms with Crippen LogP contribution in [0.3, 0.4) is 0 Å². The van der Waals surface area contributed by atoms with Gasteiger partial charge in [-0.15, -0.1) is 0 Å². The number of carbonyl (C=O) groups excluding carboxylic acids is 1. The molecule has 0 bridgehead atoms. The first kappa shape index (κ1) is 19.2. The fourth-order valence-corrected chi connectivity index (χ4v) is 3.99. The fourth-order valence-electron chi connectivity index (χ4n) is 3.78. The molecule has 4 nitrogen and oxygen atoms in total. The Balaban J connectivity index is 1.62. The van der Waals surface area contributed by atoms with Crippen molar-refractivity contribution in [3.63, 3.8) is 0 Å². The lowest BCUT2D eigenvalue weighted by atomic mass is 10.1. The summed E-state index contributed by atoms with van der Waals surface area (Å²) in [6.07, 6.45) is 0.692. The number of hydrogen-bond donors (Lipinski definition) is 1. The molecule has 146 valence electrons. The van der Waals surface area contributed by atoms with Gasteiger partial charge in [-0.1, -0.05) is 48.0 Å². The molecule has 4 aromatic rings. The molecule has 0 aliphatic carbocycles. The summed E-state index contributed by atoms with van der Waals surface area (Å²) >= 11 is 6.05. The second-order valence-corrected chi connectivity index (χ2v) is 7.69. The topological polar surface area (TPSA) is 51.1 Å². The standard InChI is InChI=1S/C24H21ClN2O2/c1-16(13-17-7-6-8-18(25)14-17)26-23(28)15-27-21-11-4-2-9-19(21)24(29)20-10-3-5-12-22(20)27/h2-12,14,16H,13,15H2,1H3,(H,26,28)/t16-/m1/s1. The Labute approximate surface area is 173 Å². The summed E-state index contributed by atoms with van der Waals surface area (Å²) in [5.41, 5.74) is 2.58. The highest BCUT2D eigenvalue weighted by atomic mass is 35.5. The summed E-state index contributed by atoms with van der Waals surface area (Å²) < 4.78 is 1.91. The van der Waals surface area contributed by atoms with E-state index >= 15 is 0 Å². The second kappa shape index (κ2) is 8.10. The number of carbonyl (C=O) groups is 1. The van der Waals surface area contributed by atoms with Crippen LogP contribution in [0.15, 0.2) is 77.6 Å². The van der Waals surface area contributed by atoms with E-state index in [0.29, 0.717) is 22.2 Å². The lowest BCUT2D eigenvalue weighted by Crippen LogP contribution is -2.36. The van der Waals surface area contributed by atoms with Crippen molar-refractivity contribution in [3.8, 4) is 0 Å². The number of amides is 1. The van der Waals surface area contributed by atoms with Crippen LogP contribution < -0.4 is 10.7 Å². The number of fused-ring (bicyclic) bond motifs is 2. The van der Waals surface area contributed by atoms with Crippen LogP contribution in [-0.2, 0) is 17.8 Å². The van der Waals surface area contributed by atoms with E-state index in [2.05, 4.69) is 5.32 Å². The highest BCUT2D eigenvalue weighted by Gasteiger charge is 2.14. The quantitative estimate of drug-likeness (QED) is 0.496. The maximum atomic E-state index is 12.8. The molecule has 1 heterocycles. The number of para-hydroxylation sites is 2. The first-order valence-corrected chi connectivity index (χ1v) is 9.95. The van der Waals surface area contributed by atoms with Gasteiger partial charge in [0.05, 0.1) is 11.0 Å². The van der Waals surface area contributed by atoms with E-state index < -0.39 is 0 Å². The van der Waals surface area contributed by atoms with Gasteiger partial charge < -0.3 is 9.88 Å². The Morgan fingerprint density at radius 2 is 1.59 bits per heavy atom. The van der Waals surface area contributed by atoms with Gasteiger partial charge in [0, 0.05) is 21.8 Å². The zero-order chi connectivity index (χ0) is 20.4. The van der Waals surface area contributed by atoms with Crippen LogP contribution in [0.4, 0.5) is 0 Å². The zero-order valence-corrected chi connectivity index (χ0v) is 16.8. The van der Waals surface area contributed by atoms with E-state index in [1.54, 1.807) is 12.1 Å². The number of nitrogens with zero attached hydrogens (tertiary/aromatic N) is 1. The highest BCUT2D eigenvalue weighted by molar-refractivity contribution is 6.30. The molecule has 1 amide bonds. The molecule has 0 aliphatic rings. The van der Waals surface area contributed by atoms with Crippen molar-refractivity contribution in [1.29, 1.82) is 0 Å². The third-order valence-electron chi connectivity index (χ3n) is 5.02. The molecule has 0 saturated carbocycles. The van der Waals surface area contributed by atoms with Crippen molar-refractivity contribution >= 4 is 39.3 Å². The Morgan fingerprint density at radius 3 is 2.21 bits per heavy atom. The van der Waals surface area contributed by atoms with Crippen LogP contribution in [0, 0.1) is 0 Å². The van der Waals surface area contributed by atoms with Crippen LogP contribution in [-0.4, -0.2) is 16.5 Å². The van der Waals surface area contributed by atoms with Gasteiger partial charge in [-0.3, -0.25) is 9.59 Å². The smallest absolute Gasteiger partial charge is 0.240 e. The summed E-state index contributed by atoms with van der Waals surface area (Å²) in [5, 5.41) is 4.98. The van der Waals surface area contributed by atoms with Gasteiger partial charge in [0.25, 0.3) is 0 Å². The second-order valence-electron chi connectivity index (χ2n) is 7.25. The maximum Gasteiger partial charge on any atom is 0.240 e. The van der Waals surface area contributed by atoms with E-state index in [9.17, 15) is 9.59 Å². The molecule has 1 atom stereocenters. The Hall–Kier alpha value is -3.11. The van der Waals surface area contributed by atoms with E-state index in [1.165, 1.54) is 0 Å². The predicted molar refractivity (Wildman–Crippen MR) is 118 cm³/mol. The van der Waals surface area contributed by atoms with E-state index in [0.717, 1.165) is 16.6 Å². The molecule has 29 heavy (non-hydrogen) atoms. The number of halogens is 1. The Bertz CT molecular complexity index is 1200. The third kappa shape index (κ3) is 4.03. The molecule has 3 aromatic carbocycles. The van der Waals surface area contributed by atoms with Crippen molar-refractivity contribution in [3.05, 3.63) is 93.6 Å². The summed E-state index contributed by atoms with van der Waals surface area (Å²) in [7, 11) is 0. The molecule has 0 spiro atoms. The van der Waals surface area contributed by atoms with Crippen LogP contribution in [0.2, 0.25) is 5.02 Å². The highest BCUT2D eigenvalue weighted by Crippen LogP contribution is 2.19. The van der Waals surface area contributed by atoms with Crippen molar-refractivity contribution in [2.45, 2.75) is 25.9 Å². The molecule has 5 heteroatoms. The van der Waals surface area contributed by atoms with Gasteiger partial charge in [-0.2, -0.15) is 0 Å². The molecule has 0 fully saturated rings. The predicted octanol–water partition coefficient (Wildman–Crippen LogP) is 4.56. The van der Waals surface area contributed by atoms with E-state index in [1.807, 2.05) is 72.2 Å². The average molecular weight is 405 g/mol. The molecular weight excluding hydrogens is 384 g/mol. The molecule has 0 radical (unpaired) electrons. The van der Waals surface area contributed by atoms with E-state index in [4.69, 9.17) is 11.6 Å². The molecule has 0 unspecified atom stereocenters. The van der Waals surface area contributed by atoms with Gasteiger partial charge in [0.2, 0.25) is 5.91 Å². The summed E-state index contributed by atoms with van der Waals surface area (Å²) in [5.74, 6) is -0.0986. The Morgan fingerprint density at radius 1 is 0.966 bits per heavy atom. The van der Waals surface area contributed by atoms with Gasteiger partial charge >= 0.3 is 0 Å². The maximum absolute atomic E-state index is 12.8. The molecule has 0 saturated heterocycles. The largest absolute Gasteiger partial charge is 0.352 e. The minimum absolute atomic E-state index is 0.0119. The lowest BCUT2D eigenvalue weighted by molar-refractivity contribution is -0.122. The summed E-state index contributed by atoms with van der Waals surface area (Å²) in [6, 6.07) is 22.4. The van der Waals surface area contributed by atoms with Crippen molar-refractivity contribution in [1.82, 2.24) is 9.88 Å². The molecular formula is C24H21ClN2O2. The van der Waals surface area contributed by atoms with Crippen molar-refractivity contribution in [2.24, 2.45) is 0 Å². The summed E-state index contributed by atoms with van der Waals surface area (Å²) in [4.78, 5) is 25.6. The number of hydrogen-bond acceptors (Lipinski definition) is 2. The Kier molecular flexibility index (Phi) is 5.36. The first-order valence-electron chi connectivity index (χ1n) is 9.57. The van der Waals surface area contributed by atoms with Gasteiger partial charge in [-0.25, -0.2) is 0 Å². The molecule has 1 N–H and O–H groups in total. The summed E-state index contributed by atoms with van der Waals surface area (Å²) in [6.45, 7) is 2.11. The van der Waals surface area contributed by atoms with Crippen molar-refractivity contribution < 1.29 is 4.79 Å². The monoisotopic (exact) mass is 404 g/mol. The number of rotatable bonds is 5. The average Bonchev–Trinajstić information content (AvgIpc) is 2.71. The molecule has 4 rings (SSSR count). The van der Waals surface area contributed by atoms with Gasteiger partial charge in [0.15, 0.2) is 5.43 Å². The number of pyridine rings is 1. The van der Waals surface area contributed by atoms with Crippen LogP contribution in [0.5, 0.6) is 0 Å². The van der Waals surface area contributed by atoms with Crippen molar-refractivity contribution in [2.75, 3.05) is 0 Å². The van der Waals surface area contributed by atoms with Gasteiger partial charge in [-0.05, 0) is 55.3 Å². The lowest BCUT2D eigenvalue weighted by Gasteiger charge is -2.18. The third-order valence-corrected chi connectivity index (χ3v) is 5.25. The van der Waals surface area contributed by atoms with Gasteiger partial charge in [0.1, 0.15) is 6.54 Å². The number of benzene rings is 3. The molecule has 1 aromatic heterocycles. The number of nitrogens with one attached hydrogen (secondary N) is 1. The van der Waals surface area contributed by atoms with Crippen LogP contribution in [0.1, 0.15) is 12.5 Å². The number of aromatic nitrogens is 1. The minimum atomic E-state index is -0.0986.